The Labute approximate surface area is 197 Å². The summed E-state index contributed by atoms with van der Waals surface area (Å²) in [5.74, 6) is 0.0677. The van der Waals surface area contributed by atoms with Gasteiger partial charge in [-0.05, 0) is 50.1 Å². The van der Waals surface area contributed by atoms with E-state index in [2.05, 4.69) is 29.8 Å². The van der Waals surface area contributed by atoms with Gasteiger partial charge >= 0.3 is 6.29 Å². The van der Waals surface area contributed by atoms with Crippen LogP contribution in [0.15, 0.2) is 53.3 Å². The molecule has 4 heterocycles. The molecule has 0 N–H and O–H groups in total. The van der Waals surface area contributed by atoms with Gasteiger partial charge in [0.2, 0.25) is 11.7 Å². The van der Waals surface area contributed by atoms with Crippen LogP contribution in [0.4, 0.5) is 8.78 Å². The van der Waals surface area contributed by atoms with Crippen LogP contribution in [0, 0.1) is 6.92 Å². The summed E-state index contributed by atoms with van der Waals surface area (Å²) in [7, 11) is 0. The number of likely N-dealkylation sites (tertiary alicyclic amines) is 1. The number of benzene rings is 2. The fraction of sp³-hybridized carbons (Fsp3) is 0.261. The van der Waals surface area contributed by atoms with Crippen LogP contribution in [0.2, 0.25) is 0 Å². The summed E-state index contributed by atoms with van der Waals surface area (Å²) in [6.07, 6.45) is 0.777. The predicted octanol–water partition coefficient (Wildman–Crippen LogP) is 3.92. The Morgan fingerprint density at radius 2 is 1.89 bits per heavy atom. The number of carbonyl (C=O) groups is 1. The van der Waals surface area contributed by atoms with E-state index in [0.29, 0.717) is 29.8 Å². The highest BCUT2D eigenvalue weighted by Crippen LogP contribution is 2.43. The molecule has 1 amide bonds. The number of rotatable bonds is 4. The van der Waals surface area contributed by atoms with E-state index in [0.717, 1.165) is 12.0 Å². The van der Waals surface area contributed by atoms with Gasteiger partial charge in [-0.3, -0.25) is 4.79 Å². The first-order valence-electron chi connectivity index (χ1n) is 10.9. The molecule has 0 aliphatic carbocycles. The summed E-state index contributed by atoms with van der Waals surface area (Å²) in [5, 5.41) is 12.3. The number of alkyl halides is 2. The lowest BCUT2D eigenvalue weighted by molar-refractivity contribution is -0.286. The number of nitrogens with zero attached hydrogens (tertiary/aromatic N) is 6. The van der Waals surface area contributed by atoms with Gasteiger partial charge in [0.15, 0.2) is 11.5 Å². The maximum absolute atomic E-state index is 13.6. The third-order valence-electron chi connectivity index (χ3n) is 5.92. The predicted molar refractivity (Wildman–Crippen MR) is 115 cm³/mol. The molecule has 1 unspecified atom stereocenters. The van der Waals surface area contributed by atoms with E-state index in [9.17, 15) is 13.6 Å². The molecule has 12 heteroatoms. The third-order valence-corrected chi connectivity index (χ3v) is 5.92. The second-order valence-corrected chi connectivity index (χ2v) is 8.28. The molecule has 1 atom stereocenters. The number of carbonyl (C=O) groups excluding carboxylic acids is 1. The van der Waals surface area contributed by atoms with Crippen molar-refractivity contribution in [1.82, 2.24) is 30.0 Å². The van der Waals surface area contributed by atoms with E-state index in [1.54, 1.807) is 23.4 Å². The zero-order valence-corrected chi connectivity index (χ0v) is 18.4. The van der Waals surface area contributed by atoms with E-state index in [4.69, 9.17) is 4.52 Å². The number of amides is 1. The number of hydrogen-bond acceptors (Lipinski definition) is 8. The first-order valence-corrected chi connectivity index (χ1v) is 10.9. The molecular weight excluding hydrogens is 462 g/mol. The number of aromatic nitrogens is 5. The lowest BCUT2D eigenvalue weighted by Crippen LogP contribution is -2.31. The standard InChI is InChI=1S/C23H18F2N6O4/c1-13-4-6-16(31-26-8-9-27-31)15(11-13)22(32)30-10-2-3-17(30)21-28-20(29-35-21)14-5-7-18-19(12-14)34-23(24,25)33-18/h4-9,11-12,17H,2-3,10H2,1H3. The monoisotopic (exact) mass is 480 g/mol. The Kier molecular flexibility index (Phi) is 4.76. The topological polar surface area (TPSA) is 108 Å². The second kappa shape index (κ2) is 7.86. The van der Waals surface area contributed by atoms with Crippen LogP contribution in [0.5, 0.6) is 11.5 Å². The van der Waals surface area contributed by atoms with Crippen LogP contribution in [-0.4, -0.2) is 48.8 Å². The van der Waals surface area contributed by atoms with E-state index >= 15 is 0 Å². The molecule has 0 bridgehead atoms. The van der Waals surface area contributed by atoms with Gasteiger partial charge in [0.25, 0.3) is 5.91 Å². The Balaban J connectivity index is 1.29. The summed E-state index contributed by atoms with van der Waals surface area (Å²) >= 11 is 0. The molecule has 1 fully saturated rings. The number of aryl methyl sites for hydroxylation is 1. The molecule has 4 aromatic rings. The highest BCUT2D eigenvalue weighted by molar-refractivity contribution is 5.98. The average Bonchev–Trinajstić information content (AvgIpc) is 3.63. The zero-order chi connectivity index (χ0) is 24.2. The van der Waals surface area contributed by atoms with Crippen molar-refractivity contribution in [3.63, 3.8) is 0 Å². The van der Waals surface area contributed by atoms with Crippen LogP contribution in [0.25, 0.3) is 17.1 Å². The maximum Gasteiger partial charge on any atom is 0.586 e. The van der Waals surface area contributed by atoms with Crippen molar-refractivity contribution in [1.29, 1.82) is 0 Å². The largest absolute Gasteiger partial charge is 0.586 e. The minimum Gasteiger partial charge on any atom is -0.395 e. The van der Waals surface area contributed by atoms with Crippen LogP contribution in [0.3, 0.4) is 0 Å². The fourth-order valence-corrected chi connectivity index (χ4v) is 4.33. The molecule has 1 saturated heterocycles. The molecule has 2 aliphatic heterocycles. The molecule has 2 aliphatic rings. The molecular formula is C23H18F2N6O4. The highest BCUT2D eigenvalue weighted by Gasteiger charge is 2.43. The molecule has 0 spiro atoms. The molecule has 178 valence electrons. The summed E-state index contributed by atoms with van der Waals surface area (Å²) in [5.41, 5.74) is 2.37. The molecule has 0 saturated carbocycles. The fourth-order valence-electron chi connectivity index (χ4n) is 4.33. The van der Waals surface area contributed by atoms with E-state index in [1.807, 2.05) is 19.1 Å². The zero-order valence-electron chi connectivity index (χ0n) is 18.4. The van der Waals surface area contributed by atoms with Crippen molar-refractivity contribution >= 4 is 5.91 Å². The summed E-state index contributed by atoms with van der Waals surface area (Å²) in [6.45, 7) is 2.42. The molecule has 2 aromatic carbocycles. The normalized spacial score (nSPS) is 18.3. The number of fused-ring (bicyclic) bond motifs is 1. The van der Waals surface area contributed by atoms with Gasteiger partial charge in [-0.15, -0.1) is 8.78 Å². The van der Waals surface area contributed by atoms with Crippen molar-refractivity contribution < 1.29 is 27.6 Å². The van der Waals surface area contributed by atoms with Crippen LogP contribution < -0.4 is 9.47 Å². The summed E-state index contributed by atoms with van der Waals surface area (Å²) in [4.78, 5) is 21.2. The smallest absolute Gasteiger partial charge is 0.395 e. The number of halogens is 2. The minimum absolute atomic E-state index is 0.0735. The Morgan fingerprint density at radius 1 is 1.09 bits per heavy atom. The van der Waals surface area contributed by atoms with Crippen LogP contribution in [0.1, 0.15) is 40.7 Å². The van der Waals surface area contributed by atoms with Crippen LogP contribution in [-0.2, 0) is 0 Å². The van der Waals surface area contributed by atoms with Crippen molar-refractivity contribution in [2.45, 2.75) is 32.1 Å². The maximum atomic E-state index is 13.6. The molecule has 35 heavy (non-hydrogen) atoms. The van der Waals surface area contributed by atoms with Crippen LogP contribution >= 0.6 is 0 Å². The summed E-state index contributed by atoms with van der Waals surface area (Å²) in [6, 6.07) is 9.32. The van der Waals surface area contributed by atoms with E-state index in [1.165, 1.54) is 23.0 Å². The third kappa shape index (κ3) is 3.76. The molecule has 2 aromatic heterocycles. The first-order chi connectivity index (χ1) is 16.9. The molecule has 10 nitrogen and oxygen atoms in total. The Bertz CT molecular complexity index is 1420. The second-order valence-electron chi connectivity index (χ2n) is 8.28. The number of hydrogen-bond donors (Lipinski definition) is 0. The quantitative estimate of drug-likeness (QED) is 0.432. The van der Waals surface area contributed by atoms with Gasteiger partial charge in [-0.25, -0.2) is 0 Å². The average molecular weight is 480 g/mol. The Morgan fingerprint density at radius 3 is 2.71 bits per heavy atom. The molecule has 0 radical (unpaired) electrons. The SMILES string of the molecule is Cc1ccc(-n2nccn2)c(C(=O)N2CCCC2c2nc(-c3ccc4c(c3)OC(F)(F)O4)no2)c1. The van der Waals surface area contributed by atoms with E-state index < -0.39 is 12.3 Å². The highest BCUT2D eigenvalue weighted by atomic mass is 19.3. The van der Waals surface area contributed by atoms with Gasteiger partial charge in [0, 0.05) is 12.1 Å². The van der Waals surface area contributed by atoms with Gasteiger partial charge in [0.05, 0.1) is 23.6 Å². The molecule has 6 rings (SSSR count). The van der Waals surface area contributed by atoms with Gasteiger partial charge < -0.3 is 18.9 Å². The Hall–Kier alpha value is -4.35. The van der Waals surface area contributed by atoms with Crippen molar-refractivity contribution in [2.75, 3.05) is 6.54 Å². The van der Waals surface area contributed by atoms with Gasteiger partial charge in [-0.1, -0.05) is 16.8 Å². The van der Waals surface area contributed by atoms with Gasteiger partial charge in [-0.2, -0.15) is 20.0 Å². The minimum atomic E-state index is -3.71. The van der Waals surface area contributed by atoms with Gasteiger partial charge in [0.1, 0.15) is 6.04 Å². The van der Waals surface area contributed by atoms with Crippen molar-refractivity contribution in [3.05, 3.63) is 65.8 Å². The van der Waals surface area contributed by atoms with Crippen molar-refractivity contribution in [3.8, 4) is 28.6 Å². The lowest BCUT2D eigenvalue weighted by Gasteiger charge is -2.23. The van der Waals surface area contributed by atoms with E-state index in [-0.39, 0.29) is 29.1 Å². The van der Waals surface area contributed by atoms with Crippen molar-refractivity contribution in [2.24, 2.45) is 0 Å². The summed E-state index contributed by atoms with van der Waals surface area (Å²) < 4.78 is 41.1. The first kappa shape index (κ1) is 21.2. The lowest BCUT2D eigenvalue weighted by atomic mass is 10.1. The number of ether oxygens (including phenoxy) is 2.